The Morgan fingerprint density at radius 3 is 2.14 bits per heavy atom. The minimum atomic E-state index is -3.94. The molecule has 1 unspecified atom stereocenters. The first kappa shape index (κ1) is 19.9. The minimum absolute atomic E-state index is 0.0243. The van der Waals surface area contributed by atoms with E-state index < -0.39 is 21.9 Å². The monoisotopic (exact) mass is 399 g/mol. The smallest absolute Gasteiger partial charge is 0.264 e. The van der Waals surface area contributed by atoms with E-state index >= 15 is 0 Å². The number of benzene rings is 3. The predicted octanol–water partition coefficient (Wildman–Crippen LogP) is 5.10. The van der Waals surface area contributed by atoms with Crippen molar-refractivity contribution in [2.75, 3.05) is 11.4 Å². The summed E-state index contributed by atoms with van der Waals surface area (Å²) in [6.45, 7) is 3.74. The molecular formula is C22H22FNO3S. The molecule has 0 fully saturated rings. The Kier molecular flexibility index (Phi) is 5.70. The average molecular weight is 399 g/mol. The number of ether oxygens (including phenoxy) is 1. The molecule has 0 aliphatic rings. The molecule has 3 aromatic carbocycles. The molecule has 0 spiro atoms. The van der Waals surface area contributed by atoms with E-state index in [1.165, 1.54) is 16.4 Å². The molecule has 0 amide bonds. The molecule has 0 aliphatic heterocycles. The maximum Gasteiger partial charge on any atom is 0.264 e. The van der Waals surface area contributed by atoms with Gasteiger partial charge in [-0.15, -0.1) is 0 Å². The zero-order valence-electron chi connectivity index (χ0n) is 16.0. The van der Waals surface area contributed by atoms with Crippen LogP contribution in [0.2, 0.25) is 0 Å². The first-order valence-electron chi connectivity index (χ1n) is 8.84. The number of rotatable bonds is 6. The van der Waals surface area contributed by atoms with E-state index in [4.69, 9.17) is 4.74 Å². The van der Waals surface area contributed by atoms with E-state index in [9.17, 15) is 12.8 Å². The van der Waals surface area contributed by atoms with Gasteiger partial charge in [-0.2, -0.15) is 0 Å². The van der Waals surface area contributed by atoms with Crippen LogP contribution in [0.5, 0.6) is 5.75 Å². The highest BCUT2D eigenvalue weighted by molar-refractivity contribution is 7.92. The first-order chi connectivity index (χ1) is 13.3. The van der Waals surface area contributed by atoms with E-state index in [0.29, 0.717) is 11.4 Å². The van der Waals surface area contributed by atoms with Crippen molar-refractivity contribution < 1.29 is 17.5 Å². The topological polar surface area (TPSA) is 46.6 Å². The summed E-state index contributed by atoms with van der Waals surface area (Å²) in [5.41, 5.74) is 2.28. The van der Waals surface area contributed by atoms with Crippen LogP contribution >= 0.6 is 0 Å². The Morgan fingerprint density at radius 1 is 0.929 bits per heavy atom. The fourth-order valence-corrected chi connectivity index (χ4v) is 4.76. The third-order valence-corrected chi connectivity index (χ3v) is 6.51. The lowest BCUT2D eigenvalue weighted by Gasteiger charge is -2.31. The number of methoxy groups -OCH3 is 1. The summed E-state index contributed by atoms with van der Waals surface area (Å²) in [5.74, 6) is 0.111. The maximum atomic E-state index is 13.5. The normalized spacial score (nSPS) is 12.4. The lowest BCUT2D eigenvalue weighted by Crippen LogP contribution is -2.34. The molecule has 0 saturated heterocycles. The Bertz CT molecular complexity index is 1050. The third-order valence-electron chi connectivity index (χ3n) is 4.60. The molecule has 146 valence electrons. The van der Waals surface area contributed by atoms with Crippen molar-refractivity contribution >= 4 is 15.7 Å². The van der Waals surface area contributed by atoms with Crippen LogP contribution in [0.4, 0.5) is 10.1 Å². The molecule has 28 heavy (non-hydrogen) atoms. The number of halogens is 1. The van der Waals surface area contributed by atoms with Crippen LogP contribution < -0.4 is 9.04 Å². The molecule has 0 radical (unpaired) electrons. The van der Waals surface area contributed by atoms with Crippen molar-refractivity contribution in [3.05, 3.63) is 89.7 Å². The van der Waals surface area contributed by atoms with Crippen molar-refractivity contribution in [3.63, 3.8) is 0 Å². The molecule has 3 rings (SSSR count). The highest BCUT2D eigenvalue weighted by atomic mass is 32.2. The van der Waals surface area contributed by atoms with E-state index in [1.54, 1.807) is 32.2 Å². The molecule has 3 aromatic rings. The number of anilines is 1. The van der Waals surface area contributed by atoms with Gasteiger partial charge < -0.3 is 4.74 Å². The predicted molar refractivity (Wildman–Crippen MR) is 109 cm³/mol. The molecule has 1 atom stereocenters. The fourth-order valence-electron chi connectivity index (χ4n) is 3.12. The first-order valence-corrected chi connectivity index (χ1v) is 10.3. The van der Waals surface area contributed by atoms with Crippen LogP contribution in [0.3, 0.4) is 0 Å². The Hall–Kier alpha value is -2.86. The van der Waals surface area contributed by atoms with Gasteiger partial charge in [0.15, 0.2) is 0 Å². The van der Waals surface area contributed by atoms with Crippen LogP contribution in [-0.2, 0) is 10.0 Å². The molecule has 4 nitrogen and oxygen atoms in total. The number of hydrogen-bond acceptors (Lipinski definition) is 3. The summed E-state index contributed by atoms with van der Waals surface area (Å²) in [5, 5.41) is 0. The minimum Gasteiger partial charge on any atom is -0.496 e. The SMILES string of the molecule is COc1ccccc1C(C)N(c1ccc(C)cc1)S(=O)(=O)c1ccc(F)cc1. The van der Waals surface area contributed by atoms with Gasteiger partial charge in [-0.05, 0) is 56.3 Å². The van der Waals surface area contributed by atoms with Gasteiger partial charge in [0.05, 0.1) is 23.7 Å². The van der Waals surface area contributed by atoms with Gasteiger partial charge in [0.1, 0.15) is 11.6 Å². The molecule has 0 heterocycles. The van der Waals surface area contributed by atoms with Crippen molar-refractivity contribution in [1.29, 1.82) is 0 Å². The van der Waals surface area contributed by atoms with E-state index in [2.05, 4.69) is 0 Å². The van der Waals surface area contributed by atoms with Gasteiger partial charge in [-0.25, -0.2) is 12.8 Å². The molecule has 0 saturated carbocycles. The van der Waals surface area contributed by atoms with Gasteiger partial charge in [-0.3, -0.25) is 4.31 Å². The highest BCUT2D eigenvalue weighted by Crippen LogP contribution is 2.36. The Labute approximate surface area is 165 Å². The van der Waals surface area contributed by atoms with Gasteiger partial charge in [-0.1, -0.05) is 35.9 Å². The number of sulfonamides is 1. The Morgan fingerprint density at radius 2 is 1.54 bits per heavy atom. The van der Waals surface area contributed by atoms with Crippen molar-refractivity contribution in [2.24, 2.45) is 0 Å². The molecule has 0 aliphatic carbocycles. The van der Waals surface area contributed by atoms with Crippen molar-refractivity contribution in [2.45, 2.75) is 24.8 Å². The zero-order valence-corrected chi connectivity index (χ0v) is 16.8. The lowest BCUT2D eigenvalue weighted by atomic mass is 10.1. The fraction of sp³-hybridized carbons (Fsp3) is 0.182. The number of hydrogen-bond donors (Lipinski definition) is 0. The summed E-state index contributed by atoms with van der Waals surface area (Å²) in [4.78, 5) is 0.0243. The quantitative estimate of drug-likeness (QED) is 0.579. The number of nitrogens with zero attached hydrogens (tertiary/aromatic N) is 1. The third kappa shape index (κ3) is 3.87. The average Bonchev–Trinajstić information content (AvgIpc) is 2.69. The van der Waals surface area contributed by atoms with Gasteiger partial charge in [0.2, 0.25) is 0 Å². The van der Waals surface area contributed by atoms with Crippen molar-refractivity contribution in [3.8, 4) is 5.75 Å². The summed E-state index contributed by atoms with van der Waals surface area (Å²) in [6, 6.07) is 18.9. The lowest BCUT2D eigenvalue weighted by molar-refractivity contribution is 0.407. The molecule has 0 bridgehead atoms. The highest BCUT2D eigenvalue weighted by Gasteiger charge is 2.31. The summed E-state index contributed by atoms with van der Waals surface area (Å²) < 4.78 is 47.1. The van der Waals surface area contributed by atoms with E-state index in [-0.39, 0.29) is 4.90 Å². The zero-order chi connectivity index (χ0) is 20.3. The second kappa shape index (κ2) is 8.02. The van der Waals surface area contributed by atoms with Crippen LogP contribution in [0.15, 0.2) is 77.7 Å². The molecular weight excluding hydrogens is 377 g/mol. The van der Waals surface area contributed by atoms with Gasteiger partial charge in [0.25, 0.3) is 10.0 Å². The maximum absolute atomic E-state index is 13.5. The molecule has 0 N–H and O–H groups in total. The van der Waals surface area contributed by atoms with Gasteiger partial charge in [0, 0.05) is 5.56 Å². The van der Waals surface area contributed by atoms with Gasteiger partial charge >= 0.3 is 0 Å². The second-order valence-electron chi connectivity index (χ2n) is 6.51. The van der Waals surface area contributed by atoms with E-state index in [0.717, 1.165) is 23.3 Å². The summed E-state index contributed by atoms with van der Waals surface area (Å²) in [6.07, 6.45) is 0. The largest absolute Gasteiger partial charge is 0.496 e. The summed E-state index contributed by atoms with van der Waals surface area (Å²) >= 11 is 0. The Balaban J connectivity index is 2.17. The van der Waals surface area contributed by atoms with Crippen LogP contribution in [0, 0.1) is 12.7 Å². The molecule has 6 heteroatoms. The summed E-state index contributed by atoms with van der Waals surface area (Å²) in [7, 11) is -2.39. The van der Waals surface area contributed by atoms with Crippen molar-refractivity contribution in [1.82, 2.24) is 0 Å². The standard InChI is InChI=1S/C22H22FNO3S/c1-16-8-12-19(13-9-16)24(17(2)21-6-4-5-7-22(21)27-3)28(25,26)20-14-10-18(23)11-15-20/h4-15,17H,1-3H3. The van der Waals surface area contributed by atoms with Crippen LogP contribution in [-0.4, -0.2) is 15.5 Å². The number of para-hydroxylation sites is 1. The molecule has 0 aromatic heterocycles. The van der Waals surface area contributed by atoms with Crippen LogP contribution in [0.1, 0.15) is 24.1 Å². The van der Waals surface area contributed by atoms with Crippen LogP contribution in [0.25, 0.3) is 0 Å². The van der Waals surface area contributed by atoms with E-state index in [1.807, 2.05) is 37.3 Å². The second-order valence-corrected chi connectivity index (χ2v) is 8.32. The number of aryl methyl sites for hydroxylation is 1.